The van der Waals surface area contributed by atoms with Crippen molar-refractivity contribution in [2.45, 2.75) is 13.0 Å². The smallest absolute Gasteiger partial charge is 0.182 e. The molecular formula is C13H18N4OS. The highest BCUT2D eigenvalue weighted by Gasteiger charge is 2.17. The van der Waals surface area contributed by atoms with Crippen molar-refractivity contribution in [3.8, 4) is 11.4 Å². The summed E-state index contributed by atoms with van der Waals surface area (Å²) in [6.45, 7) is 4.73. The van der Waals surface area contributed by atoms with Gasteiger partial charge in [0.1, 0.15) is 5.82 Å². The van der Waals surface area contributed by atoms with Gasteiger partial charge >= 0.3 is 0 Å². The first kappa shape index (κ1) is 12.8. The maximum Gasteiger partial charge on any atom is 0.182 e. The third-order valence-corrected chi connectivity index (χ3v) is 4.10. The van der Waals surface area contributed by atoms with E-state index in [0.29, 0.717) is 0 Å². The van der Waals surface area contributed by atoms with Crippen molar-refractivity contribution in [1.29, 1.82) is 0 Å². The summed E-state index contributed by atoms with van der Waals surface area (Å²) in [5.41, 5.74) is 1.13. The molecule has 0 amide bonds. The molecule has 3 rings (SSSR count). The average molecular weight is 278 g/mol. The van der Waals surface area contributed by atoms with Crippen LogP contribution in [0.1, 0.15) is 5.82 Å². The highest BCUT2D eigenvalue weighted by atomic mass is 32.1. The fraction of sp³-hybridized carbons (Fsp3) is 0.538. The van der Waals surface area contributed by atoms with Crippen LogP contribution in [0.3, 0.4) is 0 Å². The van der Waals surface area contributed by atoms with E-state index < -0.39 is 0 Å². The van der Waals surface area contributed by atoms with Crippen molar-refractivity contribution < 1.29 is 4.74 Å². The molecule has 0 bridgehead atoms. The van der Waals surface area contributed by atoms with Crippen molar-refractivity contribution in [2.75, 3.05) is 33.4 Å². The van der Waals surface area contributed by atoms with Crippen LogP contribution in [0.5, 0.6) is 0 Å². The Hall–Kier alpha value is -1.24. The Bertz CT molecular complexity index is 497. The van der Waals surface area contributed by atoms with Crippen molar-refractivity contribution in [1.82, 2.24) is 19.7 Å². The van der Waals surface area contributed by atoms with E-state index >= 15 is 0 Å². The second-order valence-electron chi connectivity index (χ2n) is 4.67. The van der Waals surface area contributed by atoms with Crippen LogP contribution in [0.4, 0.5) is 0 Å². The molecule has 0 radical (unpaired) electrons. The predicted octanol–water partition coefficient (Wildman–Crippen LogP) is 1.51. The molecule has 2 aromatic heterocycles. The number of fused-ring (bicyclic) bond motifs is 1. The van der Waals surface area contributed by atoms with Gasteiger partial charge in [-0.2, -0.15) is 16.4 Å². The van der Waals surface area contributed by atoms with Gasteiger partial charge in [0.2, 0.25) is 0 Å². The molecule has 0 fully saturated rings. The first-order valence-electron chi connectivity index (χ1n) is 6.54. The van der Waals surface area contributed by atoms with E-state index in [4.69, 9.17) is 4.74 Å². The summed E-state index contributed by atoms with van der Waals surface area (Å²) in [4.78, 5) is 7.08. The molecule has 0 atom stereocenters. The lowest BCUT2D eigenvalue weighted by Gasteiger charge is -2.18. The largest absolute Gasteiger partial charge is 0.383 e. The Labute approximate surface area is 116 Å². The molecule has 5 nitrogen and oxygen atoms in total. The monoisotopic (exact) mass is 278 g/mol. The molecule has 0 unspecified atom stereocenters. The fourth-order valence-electron chi connectivity index (χ4n) is 2.30. The molecule has 2 aromatic rings. The third kappa shape index (κ3) is 2.86. The minimum atomic E-state index is 0.788. The van der Waals surface area contributed by atoms with Gasteiger partial charge in [-0.05, 0) is 11.4 Å². The van der Waals surface area contributed by atoms with Crippen molar-refractivity contribution in [2.24, 2.45) is 0 Å². The standard InChI is InChI=1S/C13H18N4OS/c1-18-8-7-16-4-2-12-14-13(11-3-9-19-10-11)15-17(12)6-5-16/h3,9-10H,2,4-8H2,1H3. The SMILES string of the molecule is COCCN1CCc2nc(-c3ccsc3)nn2CC1. The molecule has 6 heteroatoms. The number of aromatic nitrogens is 3. The van der Waals surface area contributed by atoms with E-state index in [1.165, 1.54) is 0 Å². The summed E-state index contributed by atoms with van der Waals surface area (Å²) in [5, 5.41) is 8.78. The lowest BCUT2D eigenvalue weighted by atomic mass is 10.3. The Balaban J connectivity index is 1.71. The van der Waals surface area contributed by atoms with Gasteiger partial charge in [-0.15, -0.1) is 0 Å². The summed E-state index contributed by atoms with van der Waals surface area (Å²) in [5.74, 6) is 1.96. The zero-order chi connectivity index (χ0) is 13.1. The first-order valence-corrected chi connectivity index (χ1v) is 7.48. The molecule has 0 saturated carbocycles. The molecule has 102 valence electrons. The zero-order valence-corrected chi connectivity index (χ0v) is 11.9. The van der Waals surface area contributed by atoms with Crippen LogP contribution in [-0.4, -0.2) is 53.0 Å². The lowest BCUT2D eigenvalue weighted by Crippen LogP contribution is -2.30. The molecule has 0 aromatic carbocycles. The van der Waals surface area contributed by atoms with Gasteiger partial charge in [0.25, 0.3) is 0 Å². The topological polar surface area (TPSA) is 43.2 Å². The van der Waals surface area contributed by atoms with Crippen LogP contribution < -0.4 is 0 Å². The molecular weight excluding hydrogens is 260 g/mol. The summed E-state index contributed by atoms with van der Waals surface area (Å²) < 4.78 is 7.19. The molecule has 0 N–H and O–H groups in total. The van der Waals surface area contributed by atoms with Crippen LogP contribution in [-0.2, 0) is 17.7 Å². The van der Waals surface area contributed by atoms with Gasteiger partial charge < -0.3 is 4.74 Å². The molecule has 1 aliphatic heterocycles. The zero-order valence-electron chi connectivity index (χ0n) is 11.1. The van der Waals surface area contributed by atoms with Crippen molar-refractivity contribution in [3.05, 3.63) is 22.7 Å². The molecule has 0 aliphatic carbocycles. The predicted molar refractivity (Wildman–Crippen MR) is 75.4 cm³/mol. The second kappa shape index (κ2) is 5.81. The number of rotatable bonds is 4. The van der Waals surface area contributed by atoms with Crippen molar-refractivity contribution >= 4 is 11.3 Å². The first-order chi connectivity index (χ1) is 9.36. The molecule has 19 heavy (non-hydrogen) atoms. The summed E-state index contributed by atoms with van der Waals surface area (Å²) in [6, 6.07) is 2.07. The highest BCUT2D eigenvalue weighted by molar-refractivity contribution is 7.08. The van der Waals surface area contributed by atoms with Gasteiger partial charge in [-0.3, -0.25) is 4.90 Å². The normalized spacial score (nSPS) is 16.3. The van der Waals surface area contributed by atoms with E-state index in [0.717, 1.165) is 56.4 Å². The van der Waals surface area contributed by atoms with Gasteiger partial charge in [0.05, 0.1) is 13.2 Å². The Kier molecular flexibility index (Phi) is 3.91. The van der Waals surface area contributed by atoms with E-state index in [1.807, 2.05) is 0 Å². The number of hydrogen-bond acceptors (Lipinski definition) is 5. The minimum Gasteiger partial charge on any atom is -0.383 e. The van der Waals surface area contributed by atoms with Crippen LogP contribution in [0.2, 0.25) is 0 Å². The maximum absolute atomic E-state index is 5.13. The Morgan fingerprint density at radius 2 is 2.32 bits per heavy atom. The van der Waals surface area contributed by atoms with Gasteiger partial charge in [0.15, 0.2) is 5.82 Å². The van der Waals surface area contributed by atoms with E-state index in [2.05, 4.69) is 36.5 Å². The number of hydrogen-bond donors (Lipinski definition) is 0. The van der Waals surface area contributed by atoms with Crippen LogP contribution in [0.15, 0.2) is 16.8 Å². The number of thiophene rings is 1. The Morgan fingerprint density at radius 1 is 1.37 bits per heavy atom. The van der Waals surface area contributed by atoms with E-state index in [1.54, 1.807) is 18.4 Å². The molecule has 3 heterocycles. The van der Waals surface area contributed by atoms with E-state index in [-0.39, 0.29) is 0 Å². The fourth-order valence-corrected chi connectivity index (χ4v) is 2.94. The number of methoxy groups -OCH3 is 1. The van der Waals surface area contributed by atoms with E-state index in [9.17, 15) is 0 Å². The molecule has 1 aliphatic rings. The number of nitrogens with zero attached hydrogens (tertiary/aromatic N) is 4. The average Bonchev–Trinajstić information content (AvgIpc) is 3.04. The quantitative estimate of drug-likeness (QED) is 0.850. The number of ether oxygens (including phenoxy) is 1. The van der Waals surface area contributed by atoms with Crippen LogP contribution in [0, 0.1) is 0 Å². The summed E-state index contributed by atoms with van der Waals surface area (Å²) in [6.07, 6.45) is 0.959. The van der Waals surface area contributed by atoms with Crippen molar-refractivity contribution in [3.63, 3.8) is 0 Å². The maximum atomic E-state index is 5.13. The lowest BCUT2D eigenvalue weighted by molar-refractivity contribution is 0.148. The van der Waals surface area contributed by atoms with Gasteiger partial charge in [-0.1, -0.05) is 0 Å². The summed E-state index contributed by atoms with van der Waals surface area (Å²) >= 11 is 1.68. The minimum absolute atomic E-state index is 0.788. The van der Waals surface area contributed by atoms with Crippen LogP contribution >= 0.6 is 11.3 Å². The summed E-state index contributed by atoms with van der Waals surface area (Å²) in [7, 11) is 1.75. The van der Waals surface area contributed by atoms with Crippen LogP contribution in [0.25, 0.3) is 11.4 Å². The van der Waals surface area contributed by atoms with Gasteiger partial charge in [-0.25, -0.2) is 9.67 Å². The second-order valence-corrected chi connectivity index (χ2v) is 5.45. The third-order valence-electron chi connectivity index (χ3n) is 3.42. The highest BCUT2D eigenvalue weighted by Crippen LogP contribution is 2.19. The van der Waals surface area contributed by atoms with Gasteiger partial charge in [0, 0.05) is 44.1 Å². The molecule has 0 saturated heterocycles. The molecule has 0 spiro atoms. The Morgan fingerprint density at radius 3 is 3.11 bits per heavy atom.